The van der Waals surface area contributed by atoms with Crippen LogP contribution in [-0.2, 0) is 5.75 Å². The molecule has 0 unspecified atom stereocenters. The van der Waals surface area contributed by atoms with Gasteiger partial charge in [-0.2, -0.15) is 0 Å². The van der Waals surface area contributed by atoms with Gasteiger partial charge in [0.25, 0.3) is 11.1 Å². The monoisotopic (exact) mass is 325 g/mol. The normalized spacial score (nSPS) is 11.1. The molecular weight excluding hydrogens is 314 g/mol. The zero-order chi connectivity index (χ0) is 15.6. The first-order valence-electron chi connectivity index (χ1n) is 6.91. The van der Waals surface area contributed by atoms with Gasteiger partial charge in [0.05, 0.1) is 6.26 Å². The molecule has 3 heterocycles. The summed E-state index contributed by atoms with van der Waals surface area (Å²) in [7, 11) is 0. The van der Waals surface area contributed by atoms with E-state index in [0.29, 0.717) is 22.6 Å². The first-order chi connectivity index (χ1) is 11.3. The minimum atomic E-state index is -0.124. The summed E-state index contributed by atoms with van der Waals surface area (Å²) in [6, 6.07) is 12.8. The van der Waals surface area contributed by atoms with E-state index in [1.54, 1.807) is 24.5 Å². The second-order valence-electron chi connectivity index (χ2n) is 4.84. The summed E-state index contributed by atoms with van der Waals surface area (Å²) >= 11 is 1.38. The van der Waals surface area contributed by atoms with Gasteiger partial charge in [-0.25, -0.2) is 0 Å². The van der Waals surface area contributed by atoms with Crippen molar-refractivity contribution in [1.29, 1.82) is 0 Å². The maximum absolute atomic E-state index is 11.7. The Balaban J connectivity index is 1.59. The number of pyridine rings is 1. The summed E-state index contributed by atoms with van der Waals surface area (Å²) < 4.78 is 10.8. The molecule has 0 saturated carbocycles. The van der Waals surface area contributed by atoms with Crippen LogP contribution in [0.3, 0.4) is 0 Å². The molecule has 114 valence electrons. The number of benzene rings is 1. The van der Waals surface area contributed by atoms with Crippen molar-refractivity contribution in [3.05, 3.63) is 64.6 Å². The third-order valence-electron chi connectivity index (χ3n) is 3.33. The Morgan fingerprint density at radius 3 is 2.91 bits per heavy atom. The fourth-order valence-electron chi connectivity index (χ4n) is 2.30. The quantitative estimate of drug-likeness (QED) is 0.578. The lowest BCUT2D eigenvalue weighted by Crippen LogP contribution is -2.05. The smallest absolute Gasteiger partial charge is 0.284 e. The number of furan rings is 1. The van der Waals surface area contributed by atoms with E-state index in [1.165, 1.54) is 11.8 Å². The molecule has 0 saturated heterocycles. The Labute approximate surface area is 134 Å². The molecule has 0 spiro atoms. The van der Waals surface area contributed by atoms with Gasteiger partial charge in [-0.05, 0) is 23.8 Å². The zero-order valence-electron chi connectivity index (χ0n) is 11.9. The fraction of sp³-hybridized carbons (Fsp3) is 0.0625. The maximum Gasteiger partial charge on any atom is 0.284 e. The second-order valence-corrected chi connectivity index (χ2v) is 5.77. The largest absolute Gasteiger partial charge is 0.459 e. The molecular formula is C16H11N3O3S. The van der Waals surface area contributed by atoms with Gasteiger partial charge in [0.1, 0.15) is 0 Å². The molecule has 0 radical (unpaired) electrons. The van der Waals surface area contributed by atoms with Crippen LogP contribution in [0.2, 0.25) is 0 Å². The molecule has 4 rings (SSSR count). The van der Waals surface area contributed by atoms with E-state index in [4.69, 9.17) is 8.83 Å². The van der Waals surface area contributed by atoms with E-state index >= 15 is 0 Å². The fourth-order valence-corrected chi connectivity index (χ4v) is 3.06. The molecule has 0 fully saturated rings. The molecule has 3 aromatic heterocycles. The number of aromatic nitrogens is 3. The SMILES string of the molecule is O=c1cc(CSc2nnc(-c3ccco3)o2)c2ccccc2[nH]1. The Morgan fingerprint density at radius 2 is 2.04 bits per heavy atom. The van der Waals surface area contributed by atoms with Crippen LogP contribution in [0.25, 0.3) is 22.6 Å². The molecule has 6 nitrogen and oxygen atoms in total. The molecule has 0 aliphatic rings. The van der Waals surface area contributed by atoms with Crippen LogP contribution >= 0.6 is 11.8 Å². The van der Waals surface area contributed by atoms with Crippen molar-refractivity contribution in [3.8, 4) is 11.7 Å². The number of H-pyrrole nitrogens is 1. The number of aromatic amines is 1. The maximum atomic E-state index is 11.7. The highest BCUT2D eigenvalue weighted by molar-refractivity contribution is 7.98. The molecule has 1 N–H and O–H groups in total. The molecule has 0 bridgehead atoms. The van der Waals surface area contributed by atoms with E-state index in [2.05, 4.69) is 15.2 Å². The van der Waals surface area contributed by atoms with Crippen LogP contribution in [0.5, 0.6) is 0 Å². The summed E-state index contributed by atoms with van der Waals surface area (Å²) in [6.07, 6.45) is 1.55. The molecule has 1 aromatic carbocycles. The van der Waals surface area contributed by atoms with Gasteiger partial charge < -0.3 is 13.8 Å². The van der Waals surface area contributed by atoms with Crippen molar-refractivity contribution >= 4 is 22.7 Å². The number of nitrogens with one attached hydrogen (secondary N) is 1. The van der Waals surface area contributed by atoms with Crippen molar-refractivity contribution in [2.45, 2.75) is 11.0 Å². The number of nitrogens with zero attached hydrogens (tertiary/aromatic N) is 2. The van der Waals surface area contributed by atoms with E-state index in [1.807, 2.05) is 24.3 Å². The van der Waals surface area contributed by atoms with Crippen LogP contribution in [0, 0.1) is 0 Å². The number of hydrogen-bond donors (Lipinski definition) is 1. The average Bonchev–Trinajstić information content (AvgIpc) is 3.23. The van der Waals surface area contributed by atoms with Gasteiger partial charge in [-0.15, -0.1) is 10.2 Å². The van der Waals surface area contributed by atoms with Crippen LogP contribution < -0.4 is 5.56 Å². The average molecular weight is 325 g/mol. The Bertz CT molecular complexity index is 1000. The van der Waals surface area contributed by atoms with Crippen LogP contribution in [-0.4, -0.2) is 15.2 Å². The highest BCUT2D eigenvalue weighted by Crippen LogP contribution is 2.27. The van der Waals surface area contributed by atoms with Crippen molar-refractivity contribution in [3.63, 3.8) is 0 Å². The molecule has 0 aliphatic carbocycles. The lowest BCUT2D eigenvalue weighted by Gasteiger charge is -2.04. The lowest BCUT2D eigenvalue weighted by molar-refractivity contribution is 0.447. The Hall–Kier alpha value is -2.80. The summed E-state index contributed by atoms with van der Waals surface area (Å²) in [6.45, 7) is 0. The number of hydrogen-bond acceptors (Lipinski definition) is 6. The van der Waals surface area contributed by atoms with Crippen molar-refractivity contribution in [2.75, 3.05) is 0 Å². The lowest BCUT2D eigenvalue weighted by atomic mass is 10.1. The first kappa shape index (κ1) is 13.8. The van der Waals surface area contributed by atoms with E-state index in [-0.39, 0.29) is 5.56 Å². The number of para-hydroxylation sites is 1. The highest BCUT2D eigenvalue weighted by atomic mass is 32.2. The molecule has 23 heavy (non-hydrogen) atoms. The number of thioether (sulfide) groups is 1. The van der Waals surface area contributed by atoms with E-state index in [9.17, 15) is 4.79 Å². The zero-order valence-corrected chi connectivity index (χ0v) is 12.7. The third-order valence-corrected chi connectivity index (χ3v) is 4.19. The van der Waals surface area contributed by atoms with Gasteiger partial charge in [0.15, 0.2) is 5.76 Å². The Morgan fingerprint density at radius 1 is 1.13 bits per heavy atom. The predicted octanol–water partition coefficient (Wildman–Crippen LogP) is 3.46. The minimum Gasteiger partial charge on any atom is -0.459 e. The molecule has 0 amide bonds. The number of fused-ring (bicyclic) bond motifs is 1. The standard InChI is InChI=1S/C16H11N3O3S/c20-14-8-10(11-4-1-2-5-12(11)17-14)9-23-16-19-18-15(22-16)13-6-3-7-21-13/h1-8H,9H2,(H,17,20). The second kappa shape index (κ2) is 5.77. The molecule has 7 heteroatoms. The van der Waals surface area contributed by atoms with E-state index < -0.39 is 0 Å². The van der Waals surface area contributed by atoms with Crippen molar-refractivity contribution in [1.82, 2.24) is 15.2 Å². The van der Waals surface area contributed by atoms with Crippen LogP contribution in [0.4, 0.5) is 0 Å². The summed E-state index contributed by atoms with van der Waals surface area (Å²) in [5, 5.41) is 9.38. The van der Waals surface area contributed by atoms with Crippen LogP contribution in [0.15, 0.2) is 67.6 Å². The molecule has 0 aliphatic heterocycles. The Kier molecular flexibility index (Phi) is 3.47. The van der Waals surface area contributed by atoms with Crippen molar-refractivity contribution in [2.24, 2.45) is 0 Å². The predicted molar refractivity (Wildman–Crippen MR) is 86.1 cm³/mol. The van der Waals surface area contributed by atoms with Gasteiger partial charge in [0.2, 0.25) is 5.56 Å². The summed E-state index contributed by atoms with van der Waals surface area (Å²) in [4.78, 5) is 14.6. The highest BCUT2D eigenvalue weighted by Gasteiger charge is 2.12. The minimum absolute atomic E-state index is 0.124. The third kappa shape index (κ3) is 2.78. The topological polar surface area (TPSA) is 84.9 Å². The summed E-state index contributed by atoms with van der Waals surface area (Å²) in [5.74, 6) is 1.43. The number of rotatable bonds is 4. The van der Waals surface area contributed by atoms with Crippen LogP contribution in [0.1, 0.15) is 5.56 Å². The molecule has 4 aromatic rings. The van der Waals surface area contributed by atoms with Crippen molar-refractivity contribution < 1.29 is 8.83 Å². The molecule has 0 atom stereocenters. The van der Waals surface area contributed by atoms with Gasteiger partial charge in [0, 0.05) is 22.7 Å². The van der Waals surface area contributed by atoms with Gasteiger partial charge in [-0.1, -0.05) is 30.0 Å². The summed E-state index contributed by atoms with van der Waals surface area (Å²) in [5.41, 5.74) is 1.62. The van der Waals surface area contributed by atoms with Gasteiger partial charge in [-0.3, -0.25) is 4.79 Å². The van der Waals surface area contributed by atoms with E-state index in [0.717, 1.165) is 16.5 Å². The van der Waals surface area contributed by atoms with Gasteiger partial charge >= 0.3 is 0 Å². The first-order valence-corrected chi connectivity index (χ1v) is 7.89.